The Labute approximate surface area is 107 Å². The van der Waals surface area contributed by atoms with Gasteiger partial charge in [-0.05, 0) is 50.5 Å². The van der Waals surface area contributed by atoms with E-state index in [1.54, 1.807) is 0 Å². The highest BCUT2D eigenvalue weighted by atomic mass is 16.5. The van der Waals surface area contributed by atoms with Gasteiger partial charge >= 0.3 is 0 Å². The van der Waals surface area contributed by atoms with Gasteiger partial charge in [0, 0.05) is 19.3 Å². The lowest BCUT2D eigenvalue weighted by Gasteiger charge is -2.27. The molecule has 1 saturated heterocycles. The van der Waals surface area contributed by atoms with Crippen LogP contribution in [0.15, 0.2) is 0 Å². The van der Waals surface area contributed by atoms with Crippen LogP contribution in [0.5, 0.6) is 0 Å². The van der Waals surface area contributed by atoms with E-state index in [4.69, 9.17) is 4.74 Å². The Morgan fingerprint density at radius 3 is 2.53 bits per heavy atom. The van der Waals surface area contributed by atoms with Gasteiger partial charge in [0.25, 0.3) is 0 Å². The third kappa shape index (κ3) is 4.59. The first-order valence-electron chi connectivity index (χ1n) is 7.69. The van der Waals surface area contributed by atoms with Crippen molar-refractivity contribution in [2.75, 3.05) is 19.8 Å². The molecule has 0 aromatic carbocycles. The molecule has 0 spiro atoms. The smallest absolute Gasteiger partial charge is 0.0468 e. The quantitative estimate of drug-likeness (QED) is 0.760. The predicted molar refractivity (Wildman–Crippen MR) is 72.2 cm³/mol. The van der Waals surface area contributed by atoms with Crippen LogP contribution in [0.2, 0.25) is 0 Å². The normalized spacial score (nSPS) is 32.3. The van der Waals surface area contributed by atoms with Crippen LogP contribution in [-0.4, -0.2) is 25.8 Å². The lowest BCUT2D eigenvalue weighted by molar-refractivity contribution is 0.0572. The minimum atomic E-state index is 0.798. The third-order valence-electron chi connectivity index (χ3n) is 4.53. The van der Waals surface area contributed by atoms with Crippen molar-refractivity contribution in [1.29, 1.82) is 0 Å². The molecule has 2 atom stereocenters. The summed E-state index contributed by atoms with van der Waals surface area (Å²) in [7, 11) is 0. The van der Waals surface area contributed by atoms with E-state index in [2.05, 4.69) is 12.2 Å². The van der Waals surface area contributed by atoms with Gasteiger partial charge in [-0.3, -0.25) is 0 Å². The van der Waals surface area contributed by atoms with Crippen molar-refractivity contribution in [2.45, 2.75) is 64.3 Å². The maximum atomic E-state index is 5.46. The van der Waals surface area contributed by atoms with E-state index in [-0.39, 0.29) is 0 Å². The highest BCUT2D eigenvalue weighted by Crippen LogP contribution is 2.31. The summed E-state index contributed by atoms with van der Waals surface area (Å²) in [4.78, 5) is 0. The van der Waals surface area contributed by atoms with Gasteiger partial charge in [-0.15, -0.1) is 0 Å². The molecule has 2 aliphatic rings. The molecule has 0 bridgehead atoms. The standard InChI is InChI=1S/C15H29NO/c1-2-16-15-6-4-3-5-14(12-15)11-13-7-9-17-10-8-13/h13-16H,2-12H2,1H3. The minimum Gasteiger partial charge on any atom is -0.381 e. The second-order valence-corrected chi connectivity index (χ2v) is 5.93. The Morgan fingerprint density at radius 1 is 1.00 bits per heavy atom. The topological polar surface area (TPSA) is 21.3 Å². The van der Waals surface area contributed by atoms with Gasteiger partial charge in [0.15, 0.2) is 0 Å². The van der Waals surface area contributed by atoms with E-state index in [0.29, 0.717) is 0 Å². The molecular weight excluding hydrogens is 210 g/mol. The molecular formula is C15H29NO. The van der Waals surface area contributed by atoms with E-state index >= 15 is 0 Å². The summed E-state index contributed by atoms with van der Waals surface area (Å²) in [6.07, 6.45) is 11.3. The molecule has 1 aliphatic heterocycles. The molecule has 0 aromatic heterocycles. The van der Waals surface area contributed by atoms with Gasteiger partial charge < -0.3 is 10.1 Å². The van der Waals surface area contributed by atoms with E-state index in [1.165, 1.54) is 51.4 Å². The molecule has 1 saturated carbocycles. The molecule has 2 rings (SSSR count). The van der Waals surface area contributed by atoms with Crippen LogP contribution in [0.4, 0.5) is 0 Å². The fraction of sp³-hybridized carbons (Fsp3) is 1.00. The average molecular weight is 239 g/mol. The van der Waals surface area contributed by atoms with Crippen molar-refractivity contribution in [3.63, 3.8) is 0 Å². The van der Waals surface area contributed by atoms with E-state index in [9.17, 15) is 0 Å². The Morgan fingerprint density at radius 2 is 1.76 bits per heavy atom. The van der Waals surface area contributed by atoms with Crippen LogP contribution in [0.25, 0.3) is 0 Å². The van der Waals surface area contributed by atoms with E-state index in [0.717, 1.165) is 37.6 Å². The molecule has 2 heteroatoms. The third-order valence-corrected chi connectivity index (χ3v) is 4.53. The van der Waals surface area contributed by atoms with Crippen LogP contribution >= 0.6 is 0 Å². The summed E-state index contributed by atoms with van der Waals surface area (Å²) in [5.74, 6) is 1.93. The molecule has 0 aromatic rings. The van der Waals surface area contributed by atoms with Crippen LogP contribution in [0.3, 0.4) is 0 Å². The molecule has 0 amide bonds. The fourth-order valence-electron chi connectivity index (χ4n) is 3.60. The van der Waals surface area contributed by atoms with Crippen molar-refractivity contribution >= 4 is 0 Å². The summed E-state index contributed by atoms with van der Waals surface area (Å²) >= 11 is 0. The second-order valence-electron chi connectivity index (χ2n) is 5.93. The van der Waals surface area contributed by atoms with Crippen molar-refractivity contribution in [3.05, 3.63) is 0 Å². The van der Waals surface area contributed by atoms with Gasteiger partial charge in [-0.2, -0.15) is 0 Å². The van der Waals surface area contributed by atoms with Crippen molar-refractivity contribution < 1.29 is 4.74 Å². The molecule has 2 nitrogen and oxygen atoms in total. The van der Waals surface area contributed by atoms with E-state index in [1.807, 2.05) is 0 Å². The van der Waals surface area contributed by atoms with Crippen LogP contribution in [0.1, 0.15) is 58.3 Å². The van der Waals surface area contributed by atoms with Crippen molar-refractivity contribution in [3.8, 4) is 0 Å². The Kier molecular flexibility index (Phi) is 5.79. The first kappa shape index (κ1) is 13.4. The Hall–Kier alpha value is -0.0800. The van der Waals surface area contributed by atoms with Crippen molar-refractivity contribution in [1.82, 2.24) is 5.32 Å². The second kappa shape index (κ2) is 7.38. The summed E-state index contributed by atoms with van der Waals surface area (Å²) in [6, 6.07) is 0.798. The molecule has 1 aliphatic carbocycles. The zero-order valence-electron chi connectivity index (χ0n) is 11.4. The summed E-state index contributed by atoms with van der Waals surface area (Å²) < 4.78 is 5.46. The number of ether oxygens (including phenoxy) is 1. The first-order chi connectivity index (χ1) is 8.38. The van der Waals surface area contributed by atoms with Crippen LogP contribution < -0.4 is 5.32 Å². The SMILES string of the molecule is CCNC1CCCCC(CC2CCOCC2)C1. The highest BCUT2D eigenvalue weighted by Gasteiger charge is 2.23. The zero-order valence-corrected chi connectivity index (χ0v) is 11.4. The molecule has 100 valence electrons. The maximum Gasteiger partial charge on any atom is 0.0468 e. The molecule has 17 heavy (non-hydrogen) atoms. The Balaban J connectivity index is 1.77. The number of hydrogen-bond acceptors (Lipinski definition) is 2. The predicted octanol–water partition coefficient (Wildman–Crippen LogP) is 3.36. The molecule has 1 heterocycles. The summed E-state index contributed by atoms with van der Waals surface area (Å²) in [5, 5.41) is 3.67. The van der Waals surface area contributed by atoms with Crippen LogP contribution in [0, 0.1) is 11.8 Å². The van der Waals surface area contributed by atoms with E-state index < -0.39 is 0 Å². The van der Waals surface area contributed by atoms with Gasteiger partial charge in [-0.25, -0.2) is 0 Å². The molecule has 2 fully saturated rings. The van der Waals surface area contributed by atoms with Gasteiger partial charge in [-0.1, -0.05) is 26.2 Å². The first-order valence-corrected chi connectivity index (χ1v) is 7.69. The number of rotatable bonds is 4. The van der Waals surface area contributed by atoms with Gasteiger partial charge in [0.2, 0.25) is 0 Å². The minimum absolute atomic E-state index is 0.798. The summed E-state index contributed by atoms with van der Waals surface area (Å²) in [5.41, 5.74) is 0. The molecule has 0 radical (unpaired) electrons. The lowest BCUT2D eigenvalue weighted by Crippen LogP contribution is -2.30. The molecule has 2 unspecified atom stereocenters. The van der Waals surface area contributed by atoms with Crippen molar-refractivity contribution in [2.24, 2.45) is 11.8 Å². The van der Waals surface area contributed by atoms with Gasteiger partial charge in [0.1, 0.15) is 0 Å². The highest BCUT2D eigenvalue weighted by molar-refractivity contribution is 4.78. The number of nitrogens with one attached hydrogen (secondary N) is 1. The van der Waals surface area contributed by atoms with Gasteiger partial charge in [0.05, 0.1) is 0 Å². The monoisotopic (exact) mass is 239 g/mol. The lowest BCUT2D eigenvalue weighted by atomic mass is 9.84. The maximum absolute atomic E-state index is 5.46. The Bertz CT molecular complexity index is 201. The number of hydrogen-bond donors (Lipinski definition) is 1. The largest absolute Gasteiger partial charge is 0.381 e. The summed E-state index contributed by atoms with van der Waals surface area (Å²) in [6.45, 7) is 5.38. The molecule has 1 N–H and O–H groups in total. The zero-order chi connectivity index (χ0) is 11.9. The fourth-order valence-corrected chi connectivity index (χ4v) is 3.60. The average Bonchev–Trinajstić information content (AvgIpc) is 2.56. The van der Waals surface area contributed by atoms with Crippen LogP contribution in [-0.2, 0) is 4.74 Å².